The van der Waals surface area contributed by atoms with Crippen molar-refractivity contribution in [1.29, 1.82) is 0 Å². The smallest absolute Gasteiger partial charge is 0.126 e. The molecule has 0 aliphatic carbocycles. The second kappa shape index (κ2) is 6.86. The first-order valence-corrected chi connectivity index (χ1v) is 6.68. The van der Waals surface area contributed by atoms with E-state index in [2.05, 4.69) is 25.8 Å². The van der Waals surface area contributed by atoms with E-state index >= 15 is 0 Å². The number of benzene rings is 1. The zero-order chi connectivity index (χ0) is 13.6. The highest BCUT2D eigenvalue weighted by Gasteiger charge is 2.28. The van der Waals surface area contributed by atoms with Crippen molar-refractivity contribution in [1.82, 2.24) is 4.90 Å². The van der Waals surface area contributed by atoms with Gasteiger partial charge in [0.25, 0.3) is 0 Å². The summed E-state index contributed by atoms with van der Waals surface area (Å²) in [5, 5.41) is 0. The molecule has 1 unspecified atom stereocenters. The summed E-state index contributed by atoms with van der Waals surface area (Å²) in [4.78, 5) is 2.25. The summed E-state index contributed by atoms with van der Waals surface area (Å²) < 4.78 is 13.7. The first-order chi connectivity index (χ1) is 8.53. The number of hydrogen-bond acceptors (Lipinski definition) is 2. The number of unbranched alkanes of at least 4 members (excludes halogenated alkanes) is 1. The highest BCUT2D eigenvalue weighted by molar-refractivity contribution is 5.20. The average molecular weight is 252 g/mol. The summed E-state index contributed by atoms with van der Waals surface area (Å²) in [6.07, 6.45) is 2.95. The Bertz CT molecular complexity index is 367. The number of nitrogens with zero attached hydrogens (tertiary/aromatic N) is 1. The summed E-state index contributed by atoms with van der Waals surface area (Å²) in [6, 6.07) is 6.95. The molecule has 1 aromatic rings. The number of hydrogen-bond donors (Lipinski definition) is 1. The van der Waals surface area contributed by atoms with Crippen LogP contribution in [0.4, 0.5) is 4.39 Å². The molecule has 0 saturated heterocycles. The Balaban J connectivity index is 2.79. The van der Waals surface area contributed by atoms with Crippen LogP contribution in [0.25, 0.3) is 0 Å². The van der Waals surface area contributed by atoms with Crippen molar-refractivity contribution in [3.8, 4) is 0 Å². The maximum atomic E-state index is 13.7. The Morgan fingerprint density at radius 2 is 2.00 bits per heavy atom. The molecule has 0 saturated carbocycles. The lowest BCUT2D eigenvalue weighted by Gasteiger charge is -2.38. The van der Waals surface area contributed by atoms with Gasteiger partial charge in [0, 0.05) is 12.1 Å². The van der Waals surface area contributed by atoms with Crippen molar-refractivity contribution < 1.29 is 4.39 Å². The van der Waals surface area contributed by atoms with Gasteiger partial charge in [0.15, 0.2) is 0 Å². The Morgan fingerprint density at radius 1 is 1.33 bits per heavy atom. The summed E-state index contributed by atoms with van der Waals surface area (Å²) in [5.74, 6) is -0.138. The lowest BCUT2D eigenvalue weighted by Crippen LogP contribution is -2.51. The van der Waals surface area contributed by atoms with E-state index in [0.717, 1.165) is 24.9 Å². The van der Waals surface area contributed by atoms with Gasteiger partial charge in [0.2, 0.25) is 0 Å². The molecular weight excluding hydrogens is 227 g/mol. The van der Waals surface area contributed by atoms with Crippen LogP contribution in [0.15, 0.2) is 24.3 Å². The Hall–Kier alpha value is -0.930. The maximum Gasteiger partial charge on any atom is 0.126 e. The Kier molecular flexibility index (Phi) is 5.76. The molecule has 0 spiro atoms. The van der Waals surface area contributed by atoms with Crippen LogP contribution < -0.4 is 5.73 Å². The molecule has 0 aromatic heterocycles. The predicted octanol–water partition coefficient (Wildman–Crippen LogP) is 2.82. The minimum atomic E-state index is -0.183. The molecule has 3 heteroatoms. The number of rotatable bonds is 7. The van der Waals surface area contributed by atoms with Crippen LogP contribution in [0.2, 0.25) is 0 Å². The summed E-state index contributed by atoms with van der Waals surface area (Å²) in [7, 11) is 2.07. The van der Waals surface area contributed by atoms with Crippen LogP contribution in [0.5, 0.6) is 0 Å². The standard InChI is InChI=1S/C15H25FN2/c1-4-5-10-18(3)15(2,12-17)11-13-8-6-7-9-14(13)16/h6-9H,4-5,10-12,17H2,1-3H3. The lowest BCUT2D eigenvalue weighted by atomic mass is 9.90. The lowest BCUT2D eigenvalue weighted by molar-refractivity contribution is 0.141. The number of halogens is 1. The molecule has 0 aliphatic heterocycles. The normalized spacial score (nSPS) is 14.8. The van der Waals surface area contributed by atoms with E-state index in [0.29, 0.717) is 13.0 Å². The molecule has 0 heterocycles. The van der Waals surface area contributed by atoms with Gasteiger partial charge in [0.05, 0.1) is 0 Å². The van der Waals surface area contributed by atoms with Crippen molar-refractivity contribution in [2.24, 2.45) is 5.73 Å². The number of nitrogens with two attached hydrogens (primary N) is 1. The minimum absolute atomic E-state index is 0.138. The first-order valence-electron chi connectivity index (χ1n) is 6.68. The van der Waals surface area contributed by atoms with Crippen LogP contribution in [0.1, 0.15) is 32.3 Å². The molecule has 0 amide bonds. The van der Waals surface area contributed by atoms with Crippen LogP contribution in [0.3, 0.4) is 0 Å². The first kappa shape index (κ1) is 15.1. The molecule has 2 nitrogen and oxygen atoms in total. The second-order valence-corrected chi connectivity index (χ2v) is 5.24. The van der Waals surface area contributed by atoms with E-state index < -0.39 is 0 Å². The van der Waals surface area contributed by atoms with E-state index in [9.17, 15) is 4.39 Å². The van der Waals surface area contributed by atoms with E-state index in [1.165, 1.54) is 6.07 Å². The van der Waals surface area contributed by atoms with E-state index in [4.69, 9.17) is 5.73 Å². The van der Waals surface area contributed by atoms with Gasteiger partial charge in [0.1, 0.15) is 5.82 Å². The monoisotopic (exact) mass is 252 g/mol. The van der Waals surface area contributed by atoms with Gasteiger partial charge in [-0.25, -0.2) is 4.39 Å². The van der Waals surface area contributed by atoms with Gasteiger partial charge >= 0.3 is 0 Å². The second-order valence-electron chi connectivity index (χ2n) is 5.24. The Morgan fingerprint density at radius 3 is 2.56 bits per heavy atom. The van der Waals surface area contributed by atoms with Crippen LogP contribution in [0, 0.1) is 5.82 Å². The molecule has 1 atom stereocenters. The predicted molar refractivity (Wildman–Crippen MR) is 75.1 cm³/mol. The third-order valence-electron chi connectivity index (χ3n) is 3.74. The van der Waals surface area contributed by atoms with Crippen molar-refractivity contribution in [2.75, 3.05) is 20.1 Å². The molecule has 1 aromatic carbocycles. The molecule has 1 rings (SSSR count). The van der Waals surface area contributed by atoms with Crippen LogP contribution in [-0.4, -0.2) is 30.6 Å². The third-order valence-corrected chi connectivity index (χ3v) is 3.74. The van der Waals surface area contributed by atoms with Gasteiger partial charge in [-0.05, 0) is 45.0 Å². The van der Waals surface area contributed by atoms with E-state index in [1.54, 1.807) is 6.07 Å². The van der Waals surface area contributed by atoms with Crippen molar-refractivity contribution >= 4 is 0 Å². The fourth-order valence-electron chi connectivity index (χ4n) is 2.08. The van der Waals surface area contributed by atoms with E-state index in [-0.39, 0.29) is 11.4 Å². The summed E-state index contributed by atoms with van der Waals surface area (Å²) in [6.45, 7) is 5.81. The molecule has 2 N–H and O–H groups in total. The maximum absolute atomic E-state index is 13.7. The molecule has 0 fully saturated rings. The van der Waals surface area contributed by atoms with Gasteiger partial charge in [-0.15, -0.1) is 0 Å². The van der Waals surface area contributed by atoms with Gasteiger partial charge in [-0.2, -0.15) is 0 Å². The summed E-state index contributed by atoms with van der Waals surface area (Å²) >= 11 is 0. The average Bonchev–Trinajstić information content (AvgIpc) is 2.38. The topological polar surface area (TPSA) is 29.3 Å². The number of likely N-dealkylation sites (N-methyl/N-ethyl adjacent to an activating group) is 1. The van der Waals surface area contributed by atoms with Gasteiger partial charge < -0.3 is 5.73 Å². The molecule has 0 bridgehead atoms. The zero-order valence-electron chi connectivity index (χ0n) is 11.7. The summed E-state index contributed by atoms with van der Waals surface area (Å²) in [5.41, 5.74) is 6.47. The third kappa shape index (κ3) is 3.79. The quantitative estimate of drug-likeness (QED) is 0.808. The SMILES string of the molecule is CCCCN(C)C(C)(CN)Cc1ccccc1F. The van der Waals surface area contributed by atoms with Crippen molar-refractivity contribution in [2.45, 2.75) is 38.6 Å². The molecule has 0 radical (unpaired) electrons. The molecular formula is C15H25FN2. The molecule has 102 valence electrons. The minimum Gasteiger partial charge on any atom is -0.329 e. The van der Waals surface area contributed by atoms with E-state index in [1.807, 2.05) is 12.1 Å². The fourth-order valence-corrected chi connectivity index (χ4v) is 2.08. The van der Waals surface area contributed by atoms with Gasteiger partial charge in [-0.3, -0.25) is 4.90 Å². The van der Waals surface area contributed by atoms with Gasteiger partial charge in [-0.1, -0.05) is 31.5 Å². The van der Waals surface area contributed by atoms with Crippen molar-refractivity contribution in [3.05, 3.63) is 35.6 Å². The van der Waals surface area contributed by atoms with Crippen LogP contribution >= 0.6 is 0 Å². The van der Waals surface area contributed by atoms with Crippen molar-refractivity contribution in [3.63, 3.8) is 0 Å². The Labute approximate surface area is 110 Å². The highest BCUT2D eigenvalue weighted by atomic mass is 19.1. The fraction of sp³-hybridized carbons (Fsp3) is 0.600. The largest absolute Gasteiger partial charge is 0.329 e. The molecule has 0 aliphatic rings. The zero-order valence-corrected chi connectivity index (χ0v) is 11.7. The van der Waals surface area contributed by atoms with Crippen LogP contribution in [-0.2, 0) is 6.42 Å². The molecule has 18 heavy (non-hydrogen) atoms. The highest BCUT2D eigenvalue weighted by Crippen LogP contribution is 2.21.